The molecule has 0 bridgehead atoms. The van der Waals surface area contributed by atoms with E-state index in [4.69, 9.17) is 9.47 Å². The number of methoxy groups -OCH3 is 2. The number of carbonyl (C=O) groups excluding carboxylic acids is 1. The fraction of sp³-hybridized carbons (Fsp3) is 0.643. The van der Waals surface area contributed by atoms with Crippen LogP contribution in [0.25, 0.3) is 0 Å². The summed E-state index contributed by atoms with van der Waals surface area (Å²) in [5, 5.41) is 3.18. The van der Waals surface area contributed by atoms with Crippen LogP contribution < -0.4 is 5.32 Å². The van der Waals surface area contributed by atoms with Gasteiger partial charge in [-0.15, -0.1) is 0 Å². The third kappa shape index (κ3) is 2.66. The molecular weight excluding hydrogens is 258 g/mol. The van der Waals surface area contributed by atoms with Crippen molar-refractivity contribution in [2.24, 2.45) is 5.41 Å². The molecule has 1 aliphatic heterocycles. The summed E-state index contributed by atoms with van der Waals surface area (Å²) in [7, 11) is 2.99. The molecule has 6 heteroatoms. The standard InChI is InChI=1S/C14H21N3O3/c1-14(2,3)11(19-4)12-16-9-7-15-6-8(9)10(17-12)13(18)20-5/h11,15H,6-7H2,1-5H3. The second kappa shape index (κ2) is 5.46. The summed E-state index contributed by atoms with van der Waals surface area (Å²) < 4.78 is 10.3. The lowest BCUT2D eigenvalue weighted by molar-refractivity contribution is 0.00817. The minimum atomic E-state index is -0.433. The number of esters is 1. The molecule has 1 N–H and O–H groups in total. The van der Waals surface area contributed by atoms with Crippen LogP contribution in [0.2, 0.25) is 0 Å². The number of nitrogens with one attached hydrogen (secondary N) is 1. The zero-order chi connectivity index (χ0) is 14.9. The van der Waals surface area contributed by atoms with Crippen molar-refractivity contribution in [2.45, 2.75) is 40.0 Å². The van der Waals surface area contributed by atoms with Gasteiger partial charge in [0.1, 0.15) is 6.10 Å². The van der Waals surface area contributed by atoms with Gasteiger partial charge < -0.3 is 14.8 Å². The molecule has 110 valence electrons. The quantitative estimate of drug-likeness (QED) is 0.847. The van der Waals surface area contributed by atoms with Gasteiger partial charge in [0.15, 0.2) is 11.5 Å². The molecule has 1 atom stereocenters. The van der Waals surface area contributed by atoms with Crippen LogP contribution in [0.5, 0.6) is 0 Å². The molecule has 1 aromatic heterocycles. The minimum absolute atomic E-state index is 0.164. The van der Waals surface area contributed by atoms with Gasteiger partial charge in [-0.25, -0.2) is 14.8 Å². The van der Waals surface area contributed by atoms with Crippen LogP contribution in [0.1, 0.15) is 54.4 Å². The van der Waals surface area contributed by atoms with Crippen molar-refractivity contribution in [1.29, 1.82) is 0 Å². The first-order chi connectivity index (χ1) is 9.38. The Morgan fingerprint density at radius 3 is 2.50 bits per heavy atom. The highest BCUT2D eigenvalue weighted by molar-refractivity contribution is 5.89. The smallest absolute Gasteiger partial charge is 0.357 e. The molecule has 2 heterocycles. The number of carbonyl (C=O) groups is 1. The van der Waals surface area contributed by atoms with E-state index in [0.29, 0.717) is 24.6 Å². The van der Waals surface area contributed by atoms with E-state index < -0.39 is 5.97 Å². The first-order valence-corrected chi connectivity index (χ1v) is 6.60. The molecule has 0 radical (unpaired) electrons. The third-order valence-electron chi connectivity index (χ3n) is 3.34. The molecule has 2 rings (SSSR count). The van der Waals surface area contributed by atoms with Gasteiger partial charge in [-0.1, -0.05) is 20.8 Å². The van der Waals surface area contributed by atoms with E-state index in [9.17, 15) is 4.79 Å². The Morgan fingerprint density at radius 1 is 1.25 bits per heavy atom. The molecule has 20 heavy (non-hydrogen) atoms. The van der Waals surface area contributed by atoms with Crippen LogP contribution in [-0.4, -0.2) is 30.2 Å². The number of aromatic nitrogens is 2. The van der Waals surface area contributed by atoms with Gasteiger partial charge in [-0.2, -0.15) is 0 Å². The molecule has 0 spiro atoms. The lowest BCUT2D eigenvalue weighted by Gasteiger charge is -2.28. The van der Waals surface area contributed by atoms with Crippen LogP contribution in [0, 0.1) is 5.41 Å². The van der Waals surface area contributed by atoms with E-state index in [1.807, 2.05) is 20.8 Å². The summed E-state index contributed by atoms with van der Waals surface area (Å²) in [5.41, 5.74) is 1.84. The Kier molecular flexibility index (Phi) is 4.06. The average molecular weight is 279 g/mol. The molecule has 6 nitrogen and oxygen atoms in total. The molecule has 1 aromatic rings. The number of hydrogen-bond acceptors (Lipinski definition) is 6. The molecule has 0 fully saturated rings. The molecule has 1 unspecified atom stereocenters. The number of ether oxygens (including phenoxy) is 2. The van der Waals surface area contributed by atoms with Gasteiger partial charge in [0, 0.05) is 25.8 Å². The maximum atomic E-state index is 11.9. The zero-order valence-corrected chi connectivity index (χ0v) is 12.6. The lowest BCUT2D eigenvalue weighted by atomic mass is 9.88. The Balaban J connectivity index is 2.53. The topological polar surface area (TPSA) is 73.3 Å². The highest BCUT2D eigenvalue weighted by atomic mass is 16.5. The molecule has 0 aromatic carbocycles. The second-order valence-electron chi connectivity index (χ2n) is 5.93. The molecule has 0 saturated carbocycles. The average Bonchev–Trinajstić information content (AvgIpc) is 2.84. The number of hydrogen-bond donors (Lipinski definition) is 1. The van der Waals surface area contributed by atoms with Crippen LogP contribution in [0.4, 0.5) is 0 Å². The van der Waals surface area contributed by atoms with Gasteiger partial charge in [0.05, 0.1) is 12.8 Å². The molecule has 0 saturated heterocycles. The van der Waals surface area contributed by atoms with Crippen molar-refractivity contribution < 1.29 is 14.3 Å². The Hall–Kier alpha value is -1.53. The Bertz CT molecular complexity index is 523. The molecular formula is C14H21N3O3. The molecule has 0 amide bonds. The van der Waals surface area contributed by atoms with Crippen molar-refractivity contribution in [3.8, 4) is 0 Å². The number of fused-ring (bicyclic) bond motifs is 1. The monoisotopic (exact) mass is 279 g/mol. The predicted octanol–water partition coefficient (Wildman–Crippen LogP) is 1.60. The largest absolute Gasteiger partial charge is 0.464 e. The number of nitrogens with zero attached hydrogens (tertiary/aromatic N) is 2. The first kappa shape index (κ1) is 14.9. The van der Waals surface area contributed by atoms with Crippen molar-refractivity contribution in [3.63, 3.8) is 0 Å². The third-order valence-corrected chi connectivity index (χ3v) is 3.34. The maximum absolute atomic E-state index is 11.9. The van der Waals surface area contributed by atoms with E-state index in [1.165, 1.54) is 7.11 Å². The summed E-state index contributed by atoms with van der Waals surface area (Å²) in [4.78, 5) is 20.9. The fourth-order valence-electron chi connectivity index (χ4n) is 2.42. The normalized spacial score (nSPS) is 15.8. The molecule has 1 aliphatic rings. The van der Waals surface area contributed by atoms with Gasteiger partial charge in [0.2, 0.25) is 0 Å². The highest BCUT2D eigenvalue weighted by Crippen LogP contribution is 2.34. The summed E-state index contributed by atoms with van der Waals surface area (Å²) in [6, 6.07) is 0. The second-order valence-corrected chi connectivity index (χ2v) is 5.93. The maximum Gasteiger partial charge on any atom is 0.357 e. The summed E-state index contributed by atoms with van der Waals surface area (Å²) in [5.74, 6) is 0.0974. The minimum Gasteiger partial charge on any atom is -0.464 e. The van der Waals surface area contributed by atoms with Crippen molar-refractivity contribution in [2.75, 3.05) is 14.2 Å². The van der Waals surface area contributed by atoms with E-state index in [1.54, 1.807) is 7.11 Å². The zero-order valence-electron chi connectivity index (χ0n) is 12.6. The van der Waals surface area contributed by atoms with E-state index in [0.717, 1.165) is 11.3 Å². The lowest BCUT2D eigenvalue weighted by Crippen LogP contribution is -2.24. The highest BCUT2D eigenvalue weighted by Gasteiger charge is 2.32. The van der Waals surface area contributed by atoms with Crippen LogP contribution in [-0.2, 0) is 22.6 Å². The van der Waals surface area contributed by atoms with Crippen LogP contribution >= 0.6 is 0 Å². The Labute approximate surface area is 118 Å². The molecule has 0 aliphatic carbocycles. The predicted molar refractivity (Wildman–Crippen MR) is 73.1 cm³/mol. The van der Waals surface area contributed by atoms with Gasteiger partial charge in [0.25, 0.3) is 0 Å². The van der Waals surface area contributed by atoms with Gasteiger partial charge in [-0.3, -0.25) is 0 Å². The van der Waals surface area contributed by atoms with Crippen molar-refractivity contribution >= 4 is 5.97 Å². The Morgan fingerprint density at radius 2 is 1.95 bits per heavy atom. The first-order valence-electron chi connectivity index (χ1n) is 6.60. The van der Waals surface area contributed by atoms with Crippen LogP contribution in [0.3, 0.4) is 0 Å². The van der Waals surface area contributed by atoms with E-state index in [-0.39, 0.29) is 11.5 Å². The summed E-state index contributed by atoms with van der Waals surface area (Å²) in [6.45, 7) is 7.37. The summed E-state index contributed by atoms with van der Waals surface area (Å²) in [6.07, 6.45) is -0.281. The number of rotatable bonds is 3. The van der Waals surface area contributed by atoms with E-state index in [2.05, 4.69) is 15.3 Å². The van der Waals surface area contributed by atoms with Crippen molar-refractivity contribution in [1.82, 2.24) is 15.3 Å². The summed E-state index contributed by atoms with van der Waals surface area (Å²) >= 11 is 0. The SMILES string of the molecule is COC(=O)c1nc(C(OC)C(C)(C)C)nc2c1CNC2. The fourth-order valence-corrected chi connectivity index (χ4v) is 2.42. The van der Waals surface area contributed by atoms with Gasteiger partial charge in [-0.05, 0) is 5.41 Å². The van der Waals surface area contributed by atoms with E-state index >= 15 is 0 Å². The van der Waals surface area contributed by atoms with Crippen LogP contribution in [0.15, 0.2) is 0 Å². The van der Waals surface area contributed by atoms with Gasteiger partial charge >= 0.3 is 5.97 Å². The van der Waals surface area contributed by atoms with Crippen molar-refractivity contribution in [3.05, 3.63) is 22.8 Å².